The molecule has 5 heteroatoms. The lowest BCUT2D eigenvalue weighted by molar-refractivity contribution is 0.0758. The molecule has 2 heterocycles. The Morgan fingerprint density at radius 1 is 1.57 bits per heavy atom. The van der Waals surface area contributed by atoms with E-state index in [9.17, 15) is 0 Å². The van der Waals surface area contributed by atoms with Crippen LogP contribution in [-0.4, -0.2) is 37.1 Å². The largest absolute Gasteiger partial charge is 0.480 e. The summed E-state index contributed by atoms with van der Waals surface area (Å²) < 4.78 is 10.6. The Morgan fingerprint density at radius 3 is 3.07 bits per heavy atom. The molecule has 0 amide bonds. The number of ether oxygens (including phenoxy) is 2. The maximum absolute atomic E-state index is 5.40. The van der Waals surface area contributed by atoms with Crippen molar-refractivity contribution < 1.29 is 9.47 Å². The van der Waals surface area contributed by atoms with Gasteiger partial charge in [0.1, 0.15) is 0 Å². The zero-order valence-electron chi connectivity index (χ0n) is 8.46. The third-order valence-corrected chi connectivity index (χ3v) is 2.42. The molecule has 0 saturated carbocycles. The highest BCUT2D eigenvalue weighted by Gasteiger charge is 2.23. The topological polar surface area (TPSA) is 59.2 Å². The molecule has 0 bridgehead atoms. The van der Waals surface area contributed by atoms with Crippen molar-refractivity contribution in [3.8, 4) is 5.88 Å². The van der Waals surface area contributed by atoms with Crippen molar-refractivity contribution in [2.45, 2.75) is 13.0 Å². The maximum atomic E-state index is 5.40. The van der Waals surface area contributed by atoms with E-state index >= 15 is 0 Å². The number of methoxy groups -OCH3 is 1. The van der Waals surface area contributed by atoms with E-state index in [-0.39, 0.29) is 6.04 Å². The zero-order chi connectivity index (χ0) is 9.97. The van der Waals surface area contributed by atoms with Crippen LogP contribution in [0, 0.1) is 6.92 Å². The van der Waals surface area contributed by atoms with Crippen molar-refractivity contribution in [1.82, 2.24) is 15.5 Å². The minimum atomic E-state index is 0.192. The summed E-state index contributed by atoms with van der Waals surface area (Å²) in [6, 6.07) is 0.192. The van der Waals surface area contributed by atoms with E-state index in [1.165, 1.54) is 0 Å². The number of morpholine rings is 1. The van der Waals surface area contributed by atoms with Gasteiger partial charge in [-0.05, 0) is 6.92 Å². The summed E-state index contributed by atoms with van der Waals surface area (Å²) in [5, 5.41) is 10.4. The van der Waals surface area contributed by atoms with E-state index in [0.29, 0.717) is 12.5 Å². The van der Waals surface area contributed by atoms with Crippen LogP contribution in [0.3, 0.4) is 0 Å². The van der Waals surface area contributed by atoms with E-state index in [2.05, 4.69) is 15.5 Å². The van der Waals surface area contributed by atoms with E-state index in [1.807, 2.05) is 6.92 Å². The van der Waals surface area contributed by atoms with Crippen LogP contribution < -0.4 is 10.1 Å². The summed E-state index contributed by atoms with van der Waals surface area (Å²) in [4.78, 5) is 0. The predicted molar refractivity (Wildman–Crippen MR) is 51.4 cm³/mol. The summed E-state index contributed by atoms with van der Waals surface area (Å²) in [5.74, 6) is 0.658. The third-order valence-electron chi connectivity index (χ3n) is 2.42. The fourth-order valence-corrected chi connectivity index (χ4v) is 1.73. The number of hydrogen-bond acceptors (Lipinski definition) is 4. The zero-order valence-corrected chi connectivity index (χ0v) is 8.46. The first kappa shape index (κ1) is 9.48. The van der Waals surface area contributed by atoms with E-state index < -0.39 is 0 Å². The number of nitrogens with zero attached hydrogens (tertiary/aromatic N) is 1. The summed E-state index contributed by atoms with van der Waals surface area (Å²) in [6.07, 6.45) is 0. The second-order valence-electron chi connectivity index (χ2n) is 3.35. The first-order chi connectivity index (χ1) is 6.83. The number of aromatic nitrogens is 2. The van der Waals surface area contributed by atoms with Crippen LogP contribution in [0.5, 0.6) is 5.88 Å². The normalized spacial score (nSPS) is 22.3. The molecule has 78 valence electrons. The van der Waals surface area contributed by atoms with Crippen LogP contribution >= 0.6 is 0 Å². The molecule has 0 aliphatic carbocycles. The van der Waals surface area contributed by atoms with Crippen LogP contribution in [0.15, 0.2) is 0 Å². The van der Waals surface area contributed by atoms with Gasteiger partial charge < -0.3 is 14.8 Å². The van der Waals surface area contributed by atoms with Crippen LogP contribution in [0.2, 0.25) is 0 Å². The molecule has 0 spiro atoms. The van der Waals surface area contributed by atoms with Gasteiger partial charge in [-0.3, -0.25) is 5.10 Å². The van der Waals surface area contributed by atoms with E-state index in [4.69, 9.17) is 9.47 Å². The van der Waals surface area contributed by atoms with Gasteiger partial charge in [0.15, 0.2) is 0 Å². The number of rotatable bonds is 2. The van der Waals surface area contributed by atoms with Crippen LogP contribution in [-0.2, 0) is 4.74 Å². The quantitative estimate of drug-likeness (QED) is 0.720. The van der Waals surface area contributed by atoms with Gasteiger partial charge in [0.2, 0.25) is 5.88 Å². The van der Waals surface area contributed by atoms with Crippen LogP contribution in [0.1, 0.15) is 17.3 Å². The van der Waals surface area contributed by atoms with Gasteiger partial charge in [0, 0.05) is 12.2 Å². The fourth-order valence-electron chi connectivity index (χ4n) is 1.73. The van der Waals surface area contributed by atoms with Gasteiger partial charge in [0.25, 0.3) is 0 Å². The molecule has 0 radical (unpaired) electrons. The molecule has 1 fully saturated rings. The molecule has 0 aromatic carbocycles. The molecule has 1 aliphatic heterocycles. The summed E-state index contributed by atoms with van der Waals surface area (Å²) in [7, 11) is 1.63. The summed E-state index contributed by atoms with van der Waals surface area (Å²) >= 11 is 0. The van der Waals surface area contributed by atoms with Crippen molar-refractivity contribution in [1.29, 1.82) is 0 Å². The lowest BCUT2D eigenvalue weighted by Crippen LogP contribution is -2.34. The lowest BCUT2D eigenvalue weighted by Gasteiger charge is -2.23. The molecule has 1 aliphatic rings. The standard InChI is InChI=1S/C9H15N3O2/c1-6-8(9(13-2)12-11-6)7-5-14-4-3-10-7/h7,10H,3-5H2,1-2H3,(H,11,12). The minimum absolute atomic E-state index is 0.192. The molecule has 14 heavy (non-hydrogen) atoms. The van der Waals surface area contributed by atoms with Crippen molar-refractivity contribution >= 4 is 0 Å². The molecule has 1 unspecified atom stereocenters. The van der Waals surface area contributed by atoms with E-state index in [1.54, 1.807) is 7.11 Å². The number of hydrogen-bond donors (Lipinski definition) is 2. The Labute approximate surface area is 82.8 Å². The Bertz CT molecular complexity index is 305. The molecule has 5 nitrogen and oxygen atoms in total. The highest BCUT2D eigenvalue weighted by molar-refractivity contribution is 5.33. The number of nitrogens with one attached hydrogen (secondary N) is 2. The Kier molecular flexibility index (Phi) is 2.69. The minimum Gasteiger partial charge on any atom is -0.480 e. The molecule has 2 rings (SSSR count). The summed E-state index contributed by atoms with van der Waals surface area (Å²) in [5.41, 5.74) is 2.11. The second-order valence-corrected chi connectivity index (χ2v) is 3.35. The first-order valence-electron chi connectivity index (χ1n) is 4.73. The highest BCUT2D eigenvalue weighted by atomic mass is 16.5. The lowest BCUT2D eigenvalue weighted by atomic mass is 10.1. The molecule has 1 aromatic rings. The average molecular weight is 197 g/mol. The van der Waals surface area contributed by atoms with Gasteiger partial charge >= 0.3 is 0 Å². The van der Waals surface area contributed by atoms with Crippen LogP contribution in [0.4, 0.5) is 0 Å². The van der Waals surface area contributed by atoms with Gasteiger partial charge in [-0.1, -0.05) is 0 Å². The van der Waals surface area contributed by atoms with Crippen molar-refractivity contribution in [2.24, 2.45) is 0 Å². The smallest absolute Gasteiger partial charge is 0.237 e. The molecular formula is C9H15N3O2. The van der Waals surface area contributed by atoms with Gasteiger partial charge in [-0.2, -0.15) is 0 Å². The SMILES string of the molecule is COc1n[nH]c(C)c1C1COCCN1. The van der Waals surface area contributed by atoms with Gasteiger partial charge in [-0.15, -0.1) is 5.10 Å². The van der Waals surface area contributed by atoms with E-state index in [0.717, 1.165) is 24.4 Å². The number of aryl methyl sites for hydroxylation is 1. The second kappa shape index (κ2) is 3.98. The van der Waals surface area contributed by atoms with Gasteiger partial charge in [0.05, 0.1) is 31.9 Å². The molecular weight excluding hydrogens is 182 g/mol. The van der Waals surface area contributed by atoms with Crippen molar-refractivity contribution in [3.63, 3.8) is 0 Å². The Hall–Kier alpha value is -1.07. The van der Waals surface area contributed by atoms with Crippen molar-refractivity contribution in [2.75, 3.05) is 26.9 Å². The molecule has 1 aromatic heterocycles. The first-order valence-corrected chi connectivity index (χ1v) is 4.73. The third kappa shape index (κ3) is 1.60. The molecule has 1 atom stereocenters. The maximum Gasteiger partial charge on any atom is 0.237 e. The molecule has 1 saturated heterocycles. The van der Waals surface area contributed by atoms with Crippen molar-refractivity contribution in [3.05, 3.63) is 11.3 Å². The average Bonchev–Trinajstić information content (AvgIpc) is 2.61. The van der Waals surface area contributed by atoms with Gasteiger partial charge in [-0.25, -0.2) is 0 Å². The Balaban J connectivity index is 2.23. The fraction of sp³-hybridized carbons (Fsp3) is 0.667. The monoisotopic (exact) mass is 197 g/mol. The number of H-pyrrole nitrogens is 1. The Morgan fingerprint density at radius 2 is 2.43 bits per heavy atom. The number of aromatic amines is 1. The highest BCUT2D eigenvalue weighted by Crippen LogP contribution is 2.26. The molecule has 2 N–H and O–H groups in total. The predicted octanol–water partition coefficient (Wildman–Crippen LogP) is 0.388. The van der Waals surface area contributed by atoms with Crippen LogP contribution in [0.25, 0.3) is 0 Å². The summed E-state index contributed by atoms with van der Waals surface area (Å²) in [6.45, 7) is 4.31.